The normalized spacial score (nSPS) is 20.7. The molecule has 0 aromatic carbocycles. The molecule has 16 heteroatoms. The Bertz CT molecular complexity index is 1340. The highest BCUT2D eigenvalue weighted by Crippen LogP contribution is 2.50. The number of nitrogens with zero attached hydrogens (tertiary/aromatic N) is 3. The Morgan fingerprint density at radius 1 is 1.13 bits per heavy atom. The van der Waals surface area contributed by atoms with Crippen molar-refractivity contribution < 1.29 is 54.0 Å². The third-order valence-electron chi connectivity index (χ3n) is 6.14. The third kappa shape index (κ3) is 4.78. The van der Waals surface area contributed by atoms with Gasteiger partial charge >= 0.3 is 24.2 Å². The second-order valence-corrected chi connectivity index (χ2v) is 8.72. The highest BCUT2D eigenvalue weighted by atomic mass is 19.4. The number of aromatic nitrogens is 3. The molecule has 2 atom stereocenters. The van der Waals surface area contributed by atoms with Gasteiger partial charge in [0.15, 0.2) is 11.5 Å². The first-order valence-electron chi connectivity index (χ1n) is 10.9. The Balaban J connectivity index is 1.66. The molecule has 0 saturated carbocycles. The van der Waals surface area contributed by atoms with Crippen LogP contribution in [0.5, 0.6) is 0 Å². The van der Waals surface area contributed by atoms with Crippen LogP contribution in [0.3, 0.4) is 0 Å². The maximum absolute atomic E-state index is 14.0. The maximum atomic E-state index is 14.0. The minimum Gasteiger partial charge on any atom is -0.464 e. The SMILES string of the molecule is CC1=CC=C(c2cc(-c3c(C(F)(F)F)c(C(F)(F)C(F)(F)F)nn3C)no2)CC1C(=O)NC1CCOC1=O. The number of nitrogens with one attached hydrogen (secondary N) is 1. The summed E-state index contributed by atoms with van der Waals surface area (Å²) >= 11 is 0. The lowest BCUT2D eigenvalue weighted by molar-refractivity contribution is -0.292. The van der Waals surface area contributed by atoms with Gasteiger partial charge in [-0.05, 0) is 18.9 Å². The van der Waals surface area contributed by atoms with Crippen molar-refractivity contribution in [2.75, 3.05) is 6.61 Å². The van der Waals surface area contributed by atoms with Crippen molar-refractivity contribution in [3.63, 3.8) is 0 Å². The summed E-state index contributed by atoms with van der Waals surface area (Å²) in [7, 11) is 0.759. The zero-order valence-electron chi connectivity index (χ0n) is 19.5. The summed E-state index contributed by atoms with van der Waals surface area (Å²) in [4.78, 5) is 24.4. The minimum absolute atomic E-state index is 0.0283. The predicted octanol–water partition coefficient (Wildman–Crippen LogP) is 4.53. The molecule has 3 heterocycles. The molecule has 4 rings (SSSR count). The number of esters is 1. The van der Waals surface area contributed by atoms with Gasteiger partial charge in [0, 0.05) is 19.5 Å². The summed E-state index contributed by atoms with van der Waals surface area (Å²) in [5.41, 5.74) is -5.81. The van der Waals surface area contributed by atoms with Gasteiger partial charge in [-0.3, -0.25) is 9.48 Å². The van der Waals surface area contributed by atoms with E-state index in [1.165, 1.54) is 12.2 Å². The molecule has 2 aromatic heterocycles. The number of rotatable bonds is 5. The predicted molar refractivity (Wildman–Crippen MR) is 111 cm³/mol. The van der Waals surface area contributed by atoms with Crippen LogP contribution in [0.25, 0.3) is 17.0 Å². The number of hydrogen-bond donors (Lipinski definition) is 1. The van der Waals surface area contributed by atoms with Crippen LogP contribution in [0.4, 0.5) is 35.1 Å². The standard InChI is InChI=1S/C22H18F8N4O4/c1-9-3-4-10(7-11(9)18(35)31-12-5-6-37-19(12)36)14-8-13(33-38-14)16-15(21(25,26)27)17(32-34(16)2)20(23,24)22(28,29)30/h3-4,8,11-12H,5-7H2,1-2H3,(H,31,35). The largest absolute Gasteiger partial charge is 0.464 e. The summed E-state index contributed by atoms with van der Waals surface area (Å²) < 4.78 is 118. The molecule has 206 valence electrons. The number of alkyl halides is 8. The lowest BCUT2D eigenvalue weighted by Gasteiger charge is -2.22. The van der Waals surface area contributed by atoms with Crippen molar-refractivity contribution in [3.05, 3.63) is 40.8 Å². The van der Waals surface area contributed by atoms with Crippen molar-refractivity contribution in [1.82, 2.24) is 20.3 Å². The fourth-order valence-electron chi connectivity index (χ4n) is 4.16. The summed E-state index contributed by atoms with van der Waals surface area (Å²) in [5.74, 6) is -7.95. The number of ether oxygens (including phenoxy) is 1. The van der Waals surface area contributed by atoms with Crippen LogP contribution < -0.4 is 5.32 Å². The van der Waals surface area contributed by atoms with E-state index in [2.05, 4.69) is 15.6 Å². The quantitative estimate of drug-likeness (QED) is 0.431. The Morgan fingerprint density at radius 2 is 1.82 bits per heavy atom. The summed E-state index contributed by atoms with van der Waals surface area (Å²) in [6, 6.07) is 0.0990. The van der Waals surface area contributed by atoms with Gasteiger partial charge in [0.1, 0.15) is 23.0 Å². The minimum atomic E-state index is -6.34. The molecule has 0 radical (unpaired) electrons. The van der Waals surface area contributed by atoms with Crippen LogP contribution in [0.15, 0.2) is 28.3 Å². The highest BCUT2D eigenvalue weighted by Gasteiger charge is 2.64. The molecule has 0 spiro atoms. The number of carbonyl (C=O) groups excluding carboxylic acids is 2. The molecule has 1 fully saturated rings. The van der Waals surface area contributed by atoms with Crippen LogP contribution in [0.1, 0.15) is 36.8 Å². The van der Waals surface area contributed by atoms with Crippen LogP contribution in [-0.2, 0) is 33.5 Å². The smallest absolute Gasteiger partial charge is 0.459 e. The average molecular weight is 554 g/mol. The molecule has 1 saturated heterocycles. The second-order valence-electron chi connectivity index (χ2n) is 8.72. The number of aryl methyl sites for hydroxylation is 1. The van der Waals surface area contributed by atoms with Gasteiger partial charge in [0.05, 0.1) is 12.5 Å². The first kappa shape index (κ1) is 27.3. The van der Waals surface area contributed by atoms with E-state index in [1.807, 2.05) is 0 Å². The number of halogens is 8. The Labute approximate surface area is 208 Å². The summed E-state index contributed by atoms with van der Waals surface area (Å²) in [6.45, 7) is 1.80. The lowest BCUT2D eigenvalue weighted by Crippen LogP contribution is -2.42. The van der Waals surface area contributed by atoms with E-state index in [4.69, 9.17) is 9.26 Å². The molecule has 1 aliphatic carbocycles. The summed E-state index contributed by atoms with van der Waals surface area (Å²) in [5, 5.41) is 8.86. The van der Waals surface area contributed by atoms with Gasteiger partial charge < -0.3 is 14.6 Å². The molecule has 0 bridgehead atoms. The number of allylic oxidation sites excluding steroid dienone is 3. The Kier molecular flexibility index (Phi) is 6.64. The topological polar surface area (TPSA) is 99.2 Å². The molecule has 1 amide bonds. The van der Waals surface area contributed by atoms with Crippen LogP contribution in [0, 0.1) is 5.92 Å². The average Bonchev–Trinajstić information content (AvgIpc) is 3.52. The molecule has 38 heavy (non-hydrogen) atoms. The number of carbonyl (C=O) groups is 2. The van der Waals surface area contributed by atoms with E-state index in [0.717, 1.165) is 13.1 Å². The van der Waals surface area contributed by atoms with E-state index < -0.39 is 64.8 Å². The summed E-state index contributed by atoms with van der Waals surface area (Å²) in [6.07, 6.45) is -8.71. The van der Waals surface area contributed by atoms with Crippen molar-refractivity contribution in [2.24, 2.45) is 13.0 Å². The Hall–Kier alpha value is -3.72. The molecule has 2 aromatic rings. The molecule has 2 unspecified atom stereocenters. The third-order valence-corrected chi connectivity index (χ3v) is 6.14. The second kappa shape index (κ2) is 9.23. The number of cyclic esters (lactones) is 1. The van der Waals surface area contributed by atoms with E-state index in [-0.39, 0.29) is 35.5 Å². The zero-order valence-corrected chi connectivity index (χ0v) is 19.5. The number of hydrogen-bond acceptors (Lipinski definition) is 6. The van der Waals surface area contributed by atoms with Gasteiger partial charge in [-0.2, -0.15) is 40.2 Å². The van der Waals surface area contributed by atoms with E-state index in [1.54, 1.807) is 6.92 Å². The van der Waals surface area contributed by atoms with Gasteiger partial charge in [-0.1, -0.05) is 22.9 Å². The molecular formula is C22H18F8N4O4. The van der Waals surface area contributed by atoms with E-state index in [0.29, 0.717) is 5.57 Å². The van der Waals surface area contributed by atoms with Gasteiger partial charge in [-0.15, -0.1) is 0 Å². The molecule has 1 aliphatic heterocycles. The first-order chi connectivity index (χ1) is 17.5. The van der Waals surface area contributed by atoms with Crippen LogP contribution in [-0.4, -0.2) is 45.6 Å². The molecule has 1 N–H and O–H groups in total. The number of amides is 1. The molecular weight excluding hydrogens is 536 g/mol. The van der Waals surface area contributed by atoms with Crippen molar-refractivity contribution in [1.29, 1.82) is 0 Å². The van der Waals surface area contributed by atoms with E-state index >= 15 is 0 Å². The Morgan fingerprint density at radius 3 is 2.39 bits per heavy atom. The zero-order chi connectivity index (χ0) is 28.2. The monoisotopic (exact) mass is 554 g/mol. The molecule has 2 aliphatic rings. The van der Waals surface area contributed by atoms with Gasteiger partial charge in [0.2, 0.25) is 5.91 Å². The maximum Gasteiger partial charge on any atom is 0.459 e. The molecule has 8 nitrogen and oxygen atoms in total. The fourth-order valence-corrected chi connectivity index (χ4v) is 4.16. The van der Waals surface area contributed by atoms with E-state index in [9.17, 15) is 44.7 Å². The van der Waals surface area contributed by atoms with Crippen molar-refractivity contribution in [2.45, 2.75) is 44.1 Å². The highest BCUT2D eigenvalue weighted by molar-refractivity contribution is 5.90. The van der Waals surface area contributed by atoms with Crippen LogP contribution >= 0.6 is 0 Å². The van der Waals surface area contributed by atoms with Crippen LogP contribution in [0.2, 0.25) is 0 Å². The first-order valence-corrected chi connectivity index (χ1v) is 10.9. The van der Waals surface area contributed by atoms with Gasteiger partial charge in [0.25, 0.3) is 0 Å². The fraction of sp³-hybridized carbons (Fsp3) is 0.455. The lowest BCUT2D eigenvalue weighted by atomic mass is 9.86. The van der Waals surface area contributed by atoms with Gasteiger partial charge in [-0.25, -0.2) is 4.79 Å². The van der Waals surface area contributed by atoms with Crippen molar-refractivity contribution in [3.8, 4) is 11.4 Å². The van der Waals surface area contributed by atoms with Crippen molar-refractivity contribution >= 4 is 17.4 Å².